The third-order valence-corrected chi connectivity index (χ3v) is 5.84. The van der Waals surface area contributed by atoms with Gasteiger partial charge in [0.25, 0.3) is 0 Å². The molecule has 0 radical (unpaired) electrons. The van der Waals surface area contributed by atoms with Gasteiger partial charge in [0, 0.05) is 37.2 Å². The van der Waals surface area contributed by atoms with E-state index < -0.39 is 0 Å². The fourth-order valence-electron chi connectivity index (χ4n) is 3.85. The van der Waals surface area contributed by atoms with Crippen molar-refractivity contribution in [2.24, 2.45) is 0 Å². The molecule has 0 aromatic heterocycles. The number of benzene rings is 1. The predicted molar refractivity (Wildman–Crippen MR) is 98.2 cm³/mol. The van der Waals surface area contributed by atoms with Gasteiger partial charge in [-0.3, -0.25) is 4.90 Å². The maximum atomic E-state index is 12.7. The number of ether oxygens (including phenoxy) is 1. The van der Waals surface area contributed by atoms with Crippen molar-refractivity contribution in [1.29, 1.82) is 0 Å². The molecule has 6 heteroatoms. The number of rotatable bonds is 3. The molecule has 2 saturated heterocycles. The Labute approximate surface area is 154 Å². The normalized spacial score (nSPS) is 22.9. The van der Waals surface area contributed by atoms with Gasteiger partial charge in [-0.05, 0) is 37.5 Å². The van der Waals surface area contributed by atoms with Crippen molar-refractivity contribution in [3.63, 3.8) is 0 Å². The summed E-state index contributed by atoms with van der Waals surface area (Å²) >= 11 is 5.98. The van der Waals surface area contributed by atoms with Gasteiger partial charge in [-0.25, -0.2) is 4.79 Å². The number of hydrogen-bond acceptors (Lipinski definition) is 3. The van der Waals surface area contributed by atoms with Crippen LogP contribution in [0.1, 0.15) is 25.7 Å². The average Bonchev–Trinajstić information content (AvgIpc) is 2.74. The van der Waals surface area contributed by atoms with E-state index in [0.29, 0.717) is 18.1 Å². The second-order valence-electron chi connectivity index (χ2n) is 7.35. The number of nitrogens with zero attached hydrogens (tertiary/aromatic N) is 3. The van der Waals surface area contributed by atoms with E-state index in [4.69, 9.17) is 16.3 Å². The molecule has 25 heavy (non-hydrogen) atoms. The zero-order valence-corrected chi connectivity index (χ0v) is 15.3. The molecule has 0 N–H and O–H groups in total. The highest BCUT2D eigenvalue weighted by Gasteiger charge is 2.36. The molecule has 1 saturated carbocycles. The first kappa shape index (κ1) is 17.0. The maximum absolute atomic E-state index is 12.7. The topological polar surface area (TPSA) is 36.0 Å². The van der Waals surface area contributed by atoms with Gasteiger partial charge in [-0.1, -0.05) is 24.1 Å². The Morgan fingerprint density at radius 1 is 1.04 bits per heavy atom. The van der Waals surface area contributed by atoms with Crippen molar-refractivity contribution in [3.05, 3.63) is 29.3 Å². The molecule has 2 heterocycles. The third-order valence-electron chi connectivity index (χ3n) is 5.61. The van der Waals surface area contributed by atoms with Crippen molar-refractivity contribution in [2.45, 2.75) is 37.8 Å². The number of amides is 2. The molecule has 0 bridgehead atoms. The van der Waals surface area contributed by atoms with Crippen molar-refractivity contribution < 1.29 is 9.53 Å². The lowest BCUT2D eigenvalue weighted by Gasteiger charge is -2.41. The van der Waals surface area contributed by atoms with Gasteiger partial charge in [0.15, 0.2) is 0 Å². The minimum Gasteiger partial charge on any atom is -0.487 e. The average molecular weight is 364 g/mol. The van der Waals surface area contributed by atoms with Crippen LogP contribution in [0.2, 0.25) is 5.02 Å². The van der Waals surface area contributed by atoms with Crippen LogP contribution in [-0.2, 0) is 0 Å². The van der Waals surface area contributed by atoms with E-state index in [1.165, 1.54) is 19.3 Å². The van der Waals surface area contributed by atoms with Gasteiger partial charge in [-0.2, -0.15) is 0 Å². The summed E-state index contributed by atoms with van der Waals surface area (Å²) in [5.41, 5.74) is 0. The molecule has 4 rings (SSSR count). The van der Waals surface area contributed by atoms with E-state index in [0.717, 1.165) is 44.4 Å². The Bertz CT molecular complexity index is 616. The Hall–Kier alpha value is -1.46. The van der Waals surface area contributed by atoms with Crippen LogP contribution in [0.4, 0.5) is 4.79 Å². The van der Waals surface area contributed by atoms with E-state index in [1.54, 1.807) is 0 Å². The highest BCUT2D eigenvalue weighted by atomic mass is 35.5. The van der Waals surface area contributed by atoms with E-state index in [9.17, 15) is 4.79 Å². The van der Waals surface area contributed by atoms with Gasteiger partial charge in [-0.15, -0.1) is 0 Å². The van der Waals surface area contributed by atoms with Crippen LogP contribution in [0.25, 0.3) is 0 Å². The van der Waals surface area contributed by atoms with Crippen LogP contribution in [0.5, 0.6) is 5.75 Å². The smallest absolute Gasteiger partial charge is 0.320 e. The summed E-state index contributed by atoms with van der Waals surface area (Å²) in [4.78, 5) is 19.2. The number of halogens is 1. The minimum atomic E-state index is 0.0702. The van der Waals surface area contributed by atoms with Crippen LogP contribution < -0.4 is 4.74 Å². The predicted octanol–water partition coefficient (Wildman–Crippen LogP) is 3.08. The van der Waals surface area contributed by atoms with Gasteiger partial charge >= 0.3 is 6.03 Å². The van der Waals surface area contributed by atoms with Gasteiger partial charge < -0.3 is 14.5 Å². The highest BCUT2D eigenvalue weighted by molar-refractivity contribution is 6.30. The van der Waals surface area contributed by atoms with Crippen molar-refractivity contribution in [3.8, 4) is 5.75 Å². The van der Waals surface area contributed by atoms with E-state index >= 15 is 0 Å². The zero-order chi connectivity index (χ0) is 17.2. The lowest BCUT2D eigenvalue weighted by molar-refractivity contribution is 0.0308. The first-order chi connectivity index (χ1) is 12.2. The van der Waals surface area contributed by atoms with E-state index in [2.05, 4.69) is 4.90 Å². The minimum absolute atomic E-state index is 0.0702. The Balaban J connectivity index is 1.24. The number of urea groups is 1. The molecule has 1 aromatic rings. The maximum Gasteiger partial charge on any atom is 0.320 e. The third kappa shape index (κ3) is 3.87. The van der Waals surface area contributed by atoms with Gasteiger partial charge in [0.1, 0.15) is 11.9 Å². The molecule has 2 aliphatic heterocycles. The zero-order valence-electron chi connectivity index (χ0n) is 14.6. The van der Waals surface area contributed by atoms with Gasteiger partial charge in [0.2, 0.25) is 0 Å². The Kier molecular flexibility index (Phi) is 5.04. The lowest BCUT2D eigenvalue weighted by Crippen LogP contribution is -2.60. The van der Waals surface area contributed by atoms with Gasteiger partial charge in [0.05, 0.1) is 13.1 Å². The summed E-state index contributed by atoms with van der Waals surface area (Å²) < 4.78 is 5.89. The highest BCUT2D eigenvalue weighted by Crippen LogP contribution is 2.26. The summed E-state index contributed by atoms with van der Waals surface area (Å²) in [6.07, 6.45) is 5.19. The van der Waals surface area contributed by atoms with Crippen LogP contribution in [0.15, 0.2) is 24.3 Å². The van der Waals surface area contributed by atoms with Crippen LogP contribution in [0.3, 0.4) is 0 Å². The number of carbonyl (C=O) groups is 1. The van der Waals surface area contributed by atoms with Crippen LogP contribution in [0, 0.1) is 0 Å². The van der Waals surface area contributed by atoms with E-state index in [-0.39, 0.29) is 12.1 Å². The van der Waals surface area contributed by atoms with Crippen molar-refractivity contribution in [2.75, 3.05) is 39.3 Å². The summed E-state index contributed by atoms with van der Waals surface area (Å²) in [7, 11) is 0. The molecule has 0 spiro atoms. The first-order valence-electron chi connectivity index (χ1n) is 9.39. The summed E-state index contributed by atoms with van der Waals surface area (Å²) in [5, 5.41) is 0.672. The largest absolute Gasteiger partial charge is 0.487 e. The molecule has 3 aliphatic rings. The summed E-state index contributed by atoms with van der Waals surface area (Å²) in [6, 6.07) is 8.37. The molecule has 136 valence electrons. The molecular formula is C19H26ClN3O2. The fraction of sp³-hybridized carbons (Fsp3) is 0.632. The molecule has 1 aliphatic carbocycles. The molecule has 1 aromatic carbocycles. The second kappa shape index (κ2) is 7.42. The van der Waals surface area contributed by atoms with Crippen LogP contribution >= 0.6 is 11.6 Å². The molecule has 3 fully saturated rings. The summed E-state index contributed by atoms with van der Waals surface area (Å²) in [5.74, 6) is 0.774. The number of likely N-dealkylation sites (tertiary alicyclic amines) is 1. The SMILES string of the molecule is O=C(N1CCCN(C2CCC2)CC1)N1CC(Oc2cccc(Cl)c2)C1. The molecule has 0 atom stereocenters. The Morgan fingerprint density at radius 3 is 2.60 bits per heavy atom. The lowest BCUT2D eigenvalue weighted by atomic mass is 9.91. The standard InChI is InChI=1S/C19H26ClN3O2/c20-15-4-1-7-17(12-15)25-18-13-23(14-18)19(24)22-9-3-8-21(10-11-22)16-5-2-6-16/h1,4,7,12,16,18H,2-3,5-6,8-11,13-14H2. The quantitative estimate of drug-likeness (QED) is 0.828. The second-order valence-corrected chi connectivity index (χ2v) is 7.78. The molecule has 2 amide bonds. The van der Waals surface area contributed by atoms with Crippen molar-refractivity contribution >= 4 is 17.6 Å². The van der Waals surface area contributed by atoms with Crippen molar-refractivity contribution in [1.82, 2.24) is 14.7 Å². The monoisotopic (exact) mass is 363 g/mol. The van der Waals surface area contributed by atoms with E-state index in [1.807, 2.05) is 34.1 Å². The molecule has 0 unspecified atom stereocenters. The molecule has 5 nitrogen and oxygen atoms in total. The first-order valence-corrected chi connectivity index (χ1v) is 9.77. The fourth-order valence-corrected chi connectivity index (χ4v) is 4.03. The number of hydrogen-bond donors (Lipinski definition) is 0. The molecular weight excluding hydrogens is 338 g/mol. The summed E-state index contributed by atoms with van der Waals surface area (Å²) in [6.45, 7) is 5.20. The van der Waals surface area contributed by atoms with Crippen LogP contribution in [-0.4, -0.2) is 72.1 Å². The number of carbonyl (C=O) groups excluding carboxylic acids is 1. The Morgan fingerprint density at radius 2 is 1.88 bits per heavy atom.